The number of nitrogens with zero attached hydrogens (tertiary/aromatic N) is 2. The number of rotatable bonds is 6. The third-order valence-corrected chi connectivity index (χ3v) is 4.70. The molecular weight excluding hydrogens is 338 g/mol. The largest absolute Gasteiger partial charge is 0.496 e. The molecule has 108 valence electrons. The van der Waals surface area contributed by atoms with Crippen molar-refractivity contribution >= 4 is 27.3 Å². The van der Waals surface area contributed by atoms with Crippen LogP contribution >= 0.6 is 27.3 Å². The number of aromatic nitrogens is 2. The third-order valence-electron chi connectivity index (χ3n) is 3.00. The first-order chi connectivity index (χ1) is 9.69. The lowest BCUT2D eigenvalue weighted by Gasteiger charge is -2.11. The molecule has 0 fully saturated rings. The van der Waals surface area contributed by atoms with Crippen molar-refractivity contribution < 1.29 is 4.74 Å². The molecule has 1 aromatic heterocycles. The maximum atomic E-state index is 5.24. The van der Waals surface area contributed by atoms with Gasteiger partial charge < -0.3 is 10.1 Å². The lowest BCUT2D eigenvalue weighted by molar-refractivity contribution is 0.412. The second kappa shape index (κ2) is 7.15. The van der Waals surface area contributed by atoms with E-state index in [1.54, 1.807) is 18.4 Å². The van der Waals surface area contributed by atoms with Gasteiger partial charge in [0.25, 0.3) is 0 Å². The van der Waals surface area contributed by atoms with Gasteiger partial charge >= 0.3 is 0 Å². The van der Waals surface area contributed by atoms with Crippen LogP contribution in [0.15, 0.2) is 22.7 Å². The Morgan fingerprint density at radius 3 is 2.75 bits per heavy atom. The van der Waals surface area contributed by atoms with Crippen LogP contribution in [0, 0.1) is 0 Å². The minimum atomic E-state index is 0.285. The van der Waals surface area contributed by atoms with Gasteiger partial charge in [-0.05, 0) is 47.1 Å². The molecule has 0 spiro atoms. The van der Waals surface area contributed by atoms with Crippen LogP contribution in [0.1, 0.15) is 31.3 Å². The summed E-state index contributed by atoms with van der Waals surface area (Å²) in [4.78, 5) is 0. The summed E-state index contributed by atoms with van der Waals surface area (Å²) in [5.41, 5.74) is 1.05. The summed E-state index contributed by atoms with van der Waals surface area (Å²) >= 11 is 5.13. The van der Waals surface area contributed by atoms with Crippen molar-refractivity contribution in [2.45, 2.75) is 26.3 Å². The molecule has 20 heavy (non-hydrogen) atoms. The van der Waals surface area contributed by atoms with Crippen molar-refractivity contribution in [1.29, 1.82) is 0 Å². The Labute approximate surface area is 131 Å². The molecule has 1 atom stereocenters. The average molecular weight is 356 g/mol. The van der Waals surface area contributed by atoms with Crippen LogP contribution in [0.4, 0.5) is 0 Å². The molecular formula is C14H18BrN3OS. The number of benzene rings is 1. The number of halogens is 1. The summed E-state index contributed by atoms with van der Waals surface area (Å²) < 4.78 is 6.16. The number of ether oxygens (including phenoxy) is 1. The third kappa shape index (κ3) is 3.37. The van der Waals surface area contributed by atoms with Crippen molar-refractivity contribution in [3.8, 4) is 16.3 Å². The second-order valence-corrected chi connectivity index (χ2v) is 6.18. The lowest BCUT2D eigenvalue weighted by Crippen LogP contribution is -2.19. The monoisotopic (exact) mass is 355 g/mol. The number of hydrogen-bond donors (Lipinski definition) is 1. The first kappa shape index (κ1) is 15.4. The van der Waals surface area contributed by atoms with Gasteiger partial charge in [0.15, 0.2) is 0 Å². The van der Waals surface area contributed by atoms with Gasteiger partial charge in [-0.15, -0.1) is 10.2 Å². The quantitative estimate of drug-likeness (QED) is 0.849. The van der Waals surface area contributed by atoms with E-state index in [0.29, 0.717) is 0 Å². The molecule has 1 aromatic carbocycles. The Morgan fingerprint density at radius 2 is 2.15 bits per heavy atom. The summed E-state index contributed by atoms with van der Waals surface area (Å²) in [6.07, 6.45) is 1.01. The van der Waals surface area contributed by atoms with Crippen LogP contribution in [0.5, 0.6) is 5.75 Å². The smallest absolute Gasteiger partial charge is 0.147 e. The summed E-state index contributed by atoms with van der Waals surface area (Å²) in [5, 5.41) is 14.0. The molecule has 1 N–H and O–H groups in total. The Balaban J connectivity index is 2.26. The maximum Gasteiger partial charge on any atom is 0.147 e. The molecule has 0 saturated heterocycles. The zero-order valence-corrected chi connectivity index (χ0v) is 14.2. The molecule has 1 heterocycles. The van der Waals surface area contributed by atoms with Gasteiger partial charge in [-0.2, -0.15) is 0 Å². The molecule has 0 saturated carbocycles. The molecule has 0 amide bonds. The molecule has 0 aliphatic rings. The van der Waals surface area contributed by atoms with E-state index >= 15 is 0 Å². The topological polar surface area (TPSA) is 47.0 Å². The highest BCUT2D eigenvalue weighted by Gasteiger charge is 2.15. The Kier molecular flexibility index (Phi) is 5.51. The van der Waals surface area contributed by atoms with E-state index in [0.717, 1.165) is 38.8 Å². The van der Waals surface area contributed by atoms with Crippen molar-refractivity contribution in [3.63, 3.8) is 0 Å². The fourth-order valence-electron chi connectivity index (χ4n) is 1.94. The molecule has 1 unspecified atom stereocenters. The Hall–Kier alpha value is -0.980. The number of nitrogens with one attached hydrogen (secondary N) is 1. The molecule has 2 rings (SSSR count). The van der Waals surface area contributed by atoms with Crippen molar-refractivity contribution in [2.75, 3.05) is 13.7 Å². The SMILES string of the molecule is CCNC(CC)c1nnc(-c2ccc(OC)c(Br)c2)s1. The van der Waals surface area contributed by atoms with E-state index in [-0.39, 0.29) is 6.04 Å². The van der Waals surface area contributed by atoms with E-state index in [1.807, 2.05) is 18.2 Å². The predicted molar refractivity (Wildman–Crippen MR) is 86.3 cm³/mol. The summed E-state index contributed by atoms with van der Waals surface area (Å²) in [6.45, 7) is 5.19. The van der Waals surface area contributed by atoms with Crippen LogP contribution in [0.3, 0.4) is 0 Å². The highest BCUT2D eigenvalue weighted by molar-refractivity contribution is 9.10. The van der Waals surface area contributed by atoms with Crippen molar-refractivity contribution in [2.24, 2.45) is 0 Å². The van der Waals surface area contributed by atoms with E-state index in [9.17, 15) is 0 Å². The lowest BCUT2D eigenvalue weighted by atomic mass is 10.2. The van der Waals surface area contributed by atoms with Crippen LogP contribution in [-0.2, 0) is 0 Å². The molecule has 0 bridgehead atoms. The van der Waals surface area contributed by atoms with E-state index in [1.165, 1.54) is 0 Å². The minimum absolute atomic E-state index is 0.285. The molecule has 2 aromatic rings. The van der Waals surface area contributed by atoms with E-state index in [4.69, 9.17) is 4.74 Å². The average Bonchev–Trinajstić information content (AvgIpc) is 2.94. The van der Waals surface area contributed by atoms with Crippen molar-refractivity contribution in [1.82, 2.24) is 15.5 Å². The van der Waals surface area contributed by atoms with Crippen LogP contribution in [-0.4, -0.2) is 23.9 Å². The fourth-order valence-corrected chi connectivity index (χ4v) is 3.48. The van der Waals surface area contributed by atoms with Gasteiger partial charge in [0.05, 0.1) is 17.6 Å². The Morgan fingerprint density at radius 1 is 1.35 bits per heavy atom. The van der Waals surface area contributed by atoms with Gasteiger partial charge in [0.2, 0.25) is 0 Å². The zero-order chi connectivity index (χ0) is 14.5. The van der Waals surface area contributed by atoms with Crippen LogP contribution in [0.25, 0.3) is 10.6 Å². The van der Waals surface area contributed by atoms with Crippen LogP contribution < -0.4 is 10.1 Å². The van der Waals surface area contributed by atoms with Gasteiger partial charge in [-0.3, -0.25) is 0 Å². The van der Waals surface area contributed by atoms with E-state index < -0.39 is 0 Å². The van der Waals surface area contributed by atoms with Gasteiger partial charge in [-0.1, -0.05) is 25.2 Å². The normalized spacial score (nSPS) is 12.4. The molecule has 0 radical (unpaired) electrons. The summed E-state index contributed by atoms with van der Waals surface area (Å²) in [5.74, 6) is 0.817. The second-order valence-electron chi connectivity index (χ2n) is 4.31. The Bertz CT molecular complexity index is 573. The molecule has 0 aliphatic heterocycles. The highest BCUT2D eigenvalue weighted by Crippen LogP contribution is 2.33. The van der Waals surface area contributed by atoms with E-state index in [2.05, 4.69) is 45.3 Å². The van der Waals surface area contributed by atoms with Gasteiger partial charge in [-0.25, -0.2) is 0 Å². The highest BCUT2D eigenvalue weighted by atomic mass is 79.9. The zero-order valence-electron chi connectivity index (χ0n) is 11.8. The summed E-state index contributed by atoms with van der Waals surface area (Å²) in [7, 11) is 1.66. The summed E-state index contributed by atoms with van der Waals surface area (Å²) in [6, 6.07) is 6.23. The first-order valence-corrected chi connectivity index (χ1v) is 8.21. The molecule has 0 aliphatic carbocycles. The fraction of sp³-hybridized carbons (Fsp3) is 0.429. The van der Waals surface area contributed by atoms with Crippen LogP contribution in [0.2, 0.25) is 0 Å². The van der Waals surface area contributed by atoms with Gasteiger partial charge in [0.1, 0.15) is 15.8 Å². The van der Waals surface area contributed by atoms with Gasteiger partial charge in [0, 0.05) is 5.56 Å². The first-order valence-electron chi connectivity index (χ1n) is 6.60. The maximum absolute atomic E-state index is 5.24. The minimum Gasteiger partial charge on any atom is -0.496 e. The standard InChI is InChI=1S/C14H18BrN3OS/c1-4-11(16-5-2)14-18-17-13(20-14)9-6-7-12(19-3)10(15)8-9/h6-8,11,16H,4-5H2,1-3H3. The molecule has 4 nitrogen and oxygen atoms in total. The van der Waals surface area contributed by atoms with Crippen molar-refractivity contribution in [3.05, 3.63) is 27.7 Å². The number of methoxy groups -OCH3 is 1. The number of hydrogen-bond acceptors (Lipinski definition) is 5. The molecule has 6 heteroatoms. The predicted octanol–water partition coefficient (Wildman–Crippen LogP) is 4.04.